The lowest BCUT2D eigenvalue weighted by Gasteiger charge is -1.99. The molecule has 0 saturated heterocycles. The topological polar surface area (TPSA) is 24.1 Å². The molecule has 78 valence electrons. The second kappa shape index (κ2) is 4.94. The summed E-state index contributed by atoms with van der Waals surface area (Å²) >= 11 is 0. The summed E-state index contributed by atoms with van der Waals surface area (Å²) in [4.78, 5) is 0. The molecule has 0 spiro atoms. The fraction of sp³-hybridized carbons (Fsp3) is 0.0833. The fourth-order valence-electron chi connectivity index (χ4n) is 1.49. The van der Waals surface area contributed by atoms with E-state index in [1.54, 1.807) is 12.3 Å². The number of hydrogen-bond acceptors (Lipinski definition) is 1. The molecule has 0 aliphatic rings. The molecule has 0 aliphatic heterocycles. The van der Waals surface area contributed by atoms with Gasteiger partial charge in [-0.15, -0.1) is 0 Å². The van der Waals surface area contributed by atoms with Crippen LogP contribution in [0.3, 0.4) is 0 Å². The quantitative estimate of drug-likeness (QED) is 0.650. The van der Waals surface area contributed by atoms with E-state index in [0.717, 1.165) is 11.1 Å². The van der Waals surface area contributed by atoms with E-state index in [2.05, 4.69) is 0 Å². The number of rotatable bonds is 1. The van der Waals surface area contributed by atoms with Crippen molar-refractivity contribution in [3.05, 3.63) is 48.8 Å². The molecule has 0 amide bonds. The third kappa shape index (κ3) is 2.80. The van der Waals surface area contributed by atoms with Crippen molar-refractivity contribution in [3.63, 3.8) is 0 Å². The van der Waals surface area contributed by atoms with E-state index in [9.17, 15) is 5.11 Å². The zero-order valence-corrected chi connectivity index (χ0v) is 9.98. The Labute approximate surface area is 99.6 Å². The van der Waals surface area contributed by atoms with Crippen LogP contribution in [-0.2, 0) is 7.05 Å². The van der Waals surface area contributed by atoms with Gasteiger partial charge in [-0.1, -0.05) is 30.3 Å². The summed E-state index contributed by atoms with van der Waals surface area (Å²) in [5.74, 6) is 0.286. The van der Waals surface area contributed by atoms with Crippen LogP contribution >= 0.6 is 0 Å². The molecule has 0 aliphatic carbocycles. The highest BCUT2D eigenvalue weighted by molar-refractivity contribution is 5.62. The van der Waals surface area contributed by atoms with E-state index in [0.29, 0.717) is 0 Å². The number of aromatic hydroxyl groups is 1. The van der Waals surface area contributed by atoms with Gasteiger partial charge >= 0.3 is 0 Å². The lowest BCUT2D eigenvalue weighted by atomic mass is 10.1. The minimum Gasteiger partial charge on any atom is -1.00 e. The maximum absolute atomic E-state index is 9.43. The van der Waals surface area contributed by atoms with Crippen LogP contribution in [0.15, 0.2) is 48.8 Å². The Morgan fingerprint density at radius 3 is 2.27 bits per heavy atom. The van der Waals surface area contributed by atoms with E-state index >= 15 is 0 Å². The first-order valence-corrected chi connectivity index (χ1v) is 4.50. The molecule has 0 fully saturated rings. The first-order chi connectivity index (χ1) is 6.75. The normalized spacial score (nSPS) is 9.40. The van der Waals surface area contributed by atoms with Gasteiger partial charge in [0, 0.05) is 5.56 Å². The van der Waals surface area contributed by atoms with Crippen LogP contribution in [0.4, 0.5) is 0 Å². The van der Waals surface area contributed by atoms with Crippen molar-refractivity contribution in [2.75, 3.05) is 0 Å². The molecule has 2 nitrogen and oxygen atoms in total. The van der Waals surface area contributed by atoms with E-state index in [1.807, 2.05) is 48.1 Å². The van der Waals surface area contributed by atoms with Gasteiger partial charge in [0.15, 0.2) is 11.9 Å². The maximum atomic E-state index is 9.43. The van der Waals surface area contributed by atoms with Gasteiger partial charge in [-0.3, -0.25) is 0 Å². The number of aryl methyl sites for hydroxylation is 1. The molecule has 0 atom stereocenters. The standard InChI is InChI=1S/C12H11NO.BrH/c1-13-8-11(7-12(14)9-13)10-5-3-2-4-6-10;/h2-9H,1H3;1H. The van der Waals surface area contributed by atoms with Gasteiger partial charge in [0.2, 0.25) is 6.20 Å². The zero-order chi connectivity index (χ0) is 9.97. The molecule has 0 bridgehead atoms. The predicted octanol–water partition coefficient (Wildman–Crippen LogP) is -1.11. The number of nitrogens with zero attached hydrogens (tertiary/aromatic N) is 1. The van der Waals surface area contributed by atoms with E-state index in [4.69, 9.17) is 0 Å². The monoisotopic (exact) mass is 265 g/mol. The van der Waals surface area contributed by atoms with Crippen molar-refractivity contribution >= 4 is 0 Å². The Balaban J connectivity index is 0.00000112. The van der Waals surface area contributed by atoms with Crippen molar-refractivity contribution in [2.24, 2.45) is 7.05 Å². The molecule has 0 unspecified atom stereocenters. The Bertz CT molecular complexity index is 422. The molecule has 2 rings (SSSR count). The summed E-state index contributed by atoms with van der Waals surface area (Å²) in [7, 11) is 1.90. The summed E-state index contributed by atoms with van der Waals surface area (Å²) in [5, 5.41) is 9.43. The molecule has 0 saturated carbocycles. The number of halogens is 1. The van der Waals surface area contributed by atoms with Crippen LogP contribution in [0, 0.1) is 0 Å². The number of benzene rings is 1. The zero-order valence-electron chi connectivity index (χ0n) is 8.39. The van der Waals surface area contributed by atoms with Gasteiger partial charge in [0.1, 0.15) is 7.05 Å². The summed E-state index contributed by atoms with van der Waals surface area (Å²) in [6.45, 7) is 0. The van der Waals surface area contributed by atoms with Crippen LogP contribution < -0.4 is 21.5 Å². The summed E-state index contributed by atoms with van der Waals surface area (Å²) in [5.41, 5.74) is 2.13. The maximum Gasteiger partial charge on any atom is 0.210 e. The fourth-order valence-corrected chi connectivity index (χ4v) is 1.49. The molecule has 1 aromatic heterocycles. The van der Waals surface area contributed by atoms with Crippen molar-refractivity contribution < 1.29 is 26.7 Å². The van der Waals surface area contributed by atoms with Gasteiger partial charge in [0.05, 0.1) is 0 Å². The Hall–Kier alpha value is -1.35. The highest BCUT2D eigenvalue weighted by atomic mass is 79.9. The third-order valence-corrected chi connectivity index (χ3v) is 2.09. The molecule has 0 radical (unpaired) electrons. The van der Waals surface area contributed by atoms with Crippen LogP contribution in [0.5, 0.6) is 5.75 Å². The Morgan fingerprint density at radius 1 is 1.00 bits per heavy atom. The second-order valence-corrected chi connectivity index (χ2v) is 3.31. The summed E-state index contributed by atoms with van der Waals surface area (Å²) < 4.78 is 1.84. The van der Waals surface area contributed by atoms with Gasteiger partial charge in [-0.2, -0.15) is 0 Å². The van der Waals surface area contributed by atoms with Crippen LogP contribution in [0.25, 0.3) is 11.1 Å². The van der Waals surface area contributed by atoms with Gasteiger partial charge in [0.25, 0.3) is 0 Å². The summed E-state index contributed by atoms with van der Waals surface area (Å²) in [6.07, 6.45) is 3.65. The predicted molar refractivity (Wildman–Crippen MR) is 54.7 cm³/mol. The largest absolute Gasteiger partial charge is 1.00 e. The van der Waals surface area contributed by atoms with E-state index in [1.165, 1.54) is 0 Å². The SMILES string of the molecule is C[n+]1cc(O)cc(-c2ccccc2)c1.[Br-]. The summed E-state index contributed by atoms with van der Waals surface area (Å²) in [6, 6.07) is 11.8. The van der Waals surface area contributed by atoms with Crippen molar-refractivity contribution in [2.45, 2.75) is 0 Å². The molecule has 1 aromatic carbocycles. The molecular weight excluding hydrogens is 254 g/mol. The van der Waals surface area contributed by atoms with Crippen LogP contribution in [0.2, 0.25) is 0 Å². The Morgan fingerprint density at radius 2 is 1.67 bits per heavy atom. The molecule has 2 aromatic rings. The minimum absolute atomic E-state index is 0. The lowest BCUT2D eigenvalue weighted by molar-refractivity contribution is -0.671. The van der Waals surface area contributed by atoms with E-state index in [-0.39, 0.29) is 22.7 Å². The van der Waals surface area contributed by atoms with Gasteiger partial charge < -0.3 is 22.1 Å². The first kappa shape index (κ1) is 11.7. The number of aromatic nitrogens is 1. The highest BCUT2D eigenvalue weighted by Crippen LogP contribution is 2.20. The molecule has 15 heavy (non-hydrogen) atoms. The smallest absolute Gasteiger partial charge is 0.210 e. The van der Waals surface area contributed by atoms with E-state index < -0.39 is 0 Å². The molecule has 1 heterocycles. The van der Waals surface area contributed by atoms with Gasteiger partial charge in [-0.25, -0.2) is 4.57 Å². The van der Waals surface area contributed by atoms with Crippen molar-refractivity contribution in [3.8, 4) is 16.9 Å². The van der Waals surface area contributed by atoms with Crippen molar-refractivity contribution in [1.82, 2.24) is 0 Å². The highest BCUT2D eigenvalue weighted by Gasteiger charge is 2.04. The van der Waals surface area contributed by atoms with Crippen LogP contribution in [-0.4, -0.2) is 5.11 Å². The van der Waals surface area contributed by atoms with Gasteiger partial charge in [-0.05, 0) is 11.6 Å². The first-order valence-electron chi connectivity index (χ1n) is 4.50. The molecular formula is C12H12BrNO. The molecule has 1 N–H and O–H groups in total. The minimum atomic E-state index is 0. The third-order valence-electron chi connectivity index (χ3n) is 2.09. The molecule has 3 heteroatoms. The van der Waals surface area contributed by atoms with Crippen LogP contribution in [0.1, 0.15) is 0 Å². The lowest BCUT2D eigenvalue weighted by Crippen LogP contribution is -3.00. The Kier molecular flexibility index (Phi) is 3.86. The number of hydrogen-bond donors (Lipinski definition) is 1. The number of pyridine rings is 1. The average molecular weight is 266 g/mol. The van der Waals surface area contributed by atoms with Crippen molar-refractivity contribution in [1.29, 1.82) is 0 Å². The second-order valence-electron chi connectivity index (χ2n) is 3.31. The average Bonchev–Trinajstić information content (AvgIpc) is 2.18.